The van der Waals surface area contributed by atoms with E-state index in [0.717, 1.165) is 10.0 Å². The topological polar surface area (TPSA) is 66.4 Å². The van der Waals surface area contributed by atoms with E-state index in [4.69, 9.17) is 5.11 Å². The van der Waals surface area contributed by atoms with Gasteiger partial charge in [0, 0.05) is 16.3 Å². The summed E-state index contributed by atoms with van der Waals surface area (Å²) in [6.45, 7) is 1.84. The van der Waals surface area contributed by atoms with E-state index in [9.17, 15) is 9.59 Å². The maximum absolute atomic E-state index is 11.4. The van der Waals surface area contributed by atoms with Gasteiger partial charge in [-0.1, -0.05) is 35.0 Å². The van der Waals surface area contributed by atoms with E-state index in [2.05, 4.69) is 21.2 Å². The molecule has 1 aliphatic rings. The molecule has 0 spiro atoms. The fourth-order valence-corrected chi connectivity index (χ4v) is 2.71. The van der Waals surface area contributed by atoms with Gasteiger partial charge in [-0.05, 0) is 24.1 Å². The summed E-state index contributed by atoms with van der Waals surface area (Å²) in [4.78, 5) is 22.6. The molecule has 0 saturated carbocycles. The minimum Gasteiger partial charge on any atom is -0.480 e. The Morgan fingerprint density at radius 3 is 2.67 bits per heavy atom. The normalized spacial score (nSPS) is 27.0. The first kappa shape index (κ1) is 13.1. The molecule has 4 nitrogen and oxygen atoms in total. The van der Waals surface area contributed by atoms with Crippen LogP contribution in [0.5, 0.6) is 0 Å². The van der Waals surface area contributed by atoms with Crippen LogP contribution in [0.1, 0.15) is 18.9 Å². The largest absolute Gasteiger partial charge is 0.480 e. The van der Waals surface area contributed by atoms with Gasteiger partial charge in [0.05, 0.1) is 0 Å². The van der Waals surface area contributed by atoms with Crippen LogP contribution in [-0.4, -0.2) is 23.0 Å². The molecular weight excluding hydrogens is 298 g/mol. The lowest BCUT2D eigenvalue weighted by atomic mass is 9.77. The molecule has 0 radical (unpaired) electrons. The molecule has 96 valence electrons. The number of carbonyl (C=O) groups excluding carboxylic acids is 1. The van der Waals surface area contributed by atoms with Crippen molar-refractivity contribution in [3.63, 3.8) is 0 Å². The number of carbonyl (C=O) groups is 2. The molecular formula is C13H14BrNO3. The zero-order valence-corrected chi connectivity index (χ0v) is 11.5. The van der Waals surface area contributed by atoms with Crippen molar-refractivity contribution < 1.29 is 14.7 Å². The van der Waals surface area contributed by atoms with E-state index in [1.54, 1.807) is 0 Å². The summed E-state index contributed by atoms with van der Waals surface area (Å²) in [6.07, 6.45) is 0.815. The van der Waals surface area contributed by atoms with Gasteiger partial charge in [-0.3, -0.25) is 4.79 Å². The van der Waals surface area contributed by atoms with Gasteiger partial charge in [-0.2, -0.15) is 0 Å². The maximum Gasteiger partial charge on any atom is 0.326 e. The van der Waals surface area contributed by atoms with Crippen LogP contribution in [0.2, 0.25) is 0 Å². The maximum atomic E-state index is 11.4. The highest BCUT2D eigenvalue weighted by Gasteiger charge is 2.47. The Morgan fingerprint density at radius 2 is 2.11 bits per heavy atom. The second-order valence-corrected chi connectivity index (χ2v) is 5.89. The first-order chi connectivity index (χ1) is 8.40. The predicted molar refractivity (Wildman–Crippen MR) is 70.1 cm³/mol. The van der Waals surface area contributed by atoms with Gasteiger partial charge >= 0.3 is 5.97 Å². The summed E-state index contributed by atoms with van der Waals surface area (Å²) < 4.78 is 0.979. The van der Waals surface area contributed by atoms with Crippen LogP contribution >= 0.6 is 15.9 Å². The molecule has 1 aliphatic heterocycles. The third kappa shape index (κ3) is 2.56. The number of carboxylic acid groups (broad SMARTS) is 1. The molecule has 1 aromatic rings. The summed E-state index contributed by atoms with van der Waals surface area (Å²) in [7, 11) is 0. The third-order valence-electron chi connectivity index (χ3n) is 3.33. The zero-order chi connectivity index (χ0) is 13.3. The first-order valence-electron chi connectivity index (χ1n) is 5.67. The molecule has 5 heteroatoms. The van der Waals surface area contributed by atoms with Crippen molar-refractivity contribution >= 4 is 27.8 Å². The Balaban J connectivity index is 2.22. The van der Waals surface area contributed by atoms with Crippen molar-refractivity contribution in [2.45, 2.75) is 25.8 Å². The lowest BCUT2D eigenvalue weighted by molar-refractivity contribution is -0.142. The number of halogens is 1. The molecule has 18 heavy (non-hydrogen) atoms. The molecule has 1 saturated heterocycles. The van der Waals surface area contributed by atoms with Crippen LogP contribution < -0.4 is 5.32 Å². The second kappa shape index (κ2) is 4.72. The summed E-state index contributed by atoms with van der Waals surface area (Å²) >= 11 is 3.36. The predicted octanol–water partition coefficient (Wildman–Crippen LogP) is 1.97. The van der Waals surface area contributed by atoms with Crippen LogP contribution in [0.3, 0.4) is 0 Å². The van der Waals surface area contributed by atoms with Crippen molar-refractivity contribution in [3.8, 4) is 0 Å². The van der Waals surface area contributed by atoms with Gasteiger partial charge in [-0.15, -0.1) is 0 Å². The fraction of sp³-hybridized carbons (Fsp3) is 0.385. The van der Waals surface area contributed by atoms with E-state index in [0.29, 0.717) is 6.42 Å². The van der Waals surface area contributed by atoms with Gasteiger partial charge in [0.1, 0.15) is 6.04 Å². The highest BCUT2D eigenvalue weighted by Crippen LogP contribution is 2.35. The molecule has 0 aromatic heterocycles. The number of amides is 1. The van der Waals surface area contributed by atoms with Crippen molar-refractivity contribution in [1.29, 1.82) is 0 Å². The first-order valence-corrected chi connectivity index (χ1v) is 6.47. The van der Waals surface area contributed by atoms with Crippen LogP contribution in [0.25, 0.3) is 0 Å². The van der Waals surface area contributed by atoms with Crippen molar-refractivity contribution in [3.05, 3.63) is 34.3 Å². The Hall–Kier alpha value is -1.36. The zero-order valence-electron chi connectivity index (χ0n) is 9.94. The minimum absolute atomic E-state index is 0.193. The van der Waals surface area contributed by atoms with Gasteiger partial charge in [0.2, 0.25) is 5.91 Å². The van der Waals surface area contributed by atoms with E-state index >= 15 is 0 Å². The lowest BCUT2D eigenvalue weighted by Gasteiger charge is -2.27. The molecule has 2 unspecified atom stereocenters. The van der Waals surface area contributed by atoms with Crippen LogP contribution in [0.15, 0.2) is 28.7 Å². The summed E-state index contributed by atoms with van der Waals surface area (Å²) in [5, 5.41) is 11.7. The monoisotopic (exact) mass is 311 g/mol. The van der Waals surface area contributed by atoms with E-state index in [1.807, 2.05) is 31.2 Å². The van der Waals surface area contributed by atoms with Gasteiger partial charge in [0.15, 0.2) is 0 Å². The molecule has 2 rings (SSSR count). The lowest BCUT2D eigenvalue weighted by Crippen LogP contribution is -2.43. The highest BCUT2D eigenvalue weighted by molar-refractivity contribution is 9.10. The second-order valence-electron chi connectivity index (χ2n) is 4.97. The van der Waals surface area contributed by atoms with E-state index in [1.165, 1.54) is 0 Å². The Kier molecular flexibility index (Phi) is 3.43. The summed E-state index contributed by atoms with van der Waals surface area (Å²) in [5.74, 6) is -1.16. The molecule has 1 heterocycles. The fourth-order valence-electron chi connectivity index (χ4n) is 2.45. The Bertz CT molecular complexity index is 486. The van der Waals surface area contributed by atoms with E-state index < -0.39 is 17.4 Å². The van der Waals surface area contributed by atoms with Crippen molar-refractivity contribution in [1.82, 2.24) is 5.32 Å². The van der Waals surface area contributed by atoms with Crippen molar-refractivity contribution in [2.75, 3.05) is 0 Å². The number of benzene rings is 1. The highest BCUT2D eigenvalue weighted by atomic mass is 79.9. The quantitative estimate of drug-likeness (QED) is 0.897. The molecule has 1 aromatic carbocycles. The molecule has 2 N–H and O–H groups in total. The molecule has 1 amide bonds. The number of hydrogen-bond acceptors (Lipinski definition) is 2. The van der Waals surface area contributed by atoms with Crippen LogP contribution in [0.4, 0.5) is 0 Å². The standard InChI is InChI=1S/C13H14BrNO3/c1-13(6-8-2-4-9(14)5-3-8)7-10(16)15-11(13)12(17)18/h2-5,11H,6-7H2,1H3,(H,15,16)(H,17,18). The number of carboxylic acids is 1. The molecule has 1 fully saturated rings. The van der Waals surface area contributed by atoms with Crippen molar-refractivity contribution in [2.24, 2.45) is 5.41 Å². The minimum atomic E-state index is -0.972. The van der Waals surface area contributed by atoms with Crippen LogP contribution in [0, 0.1) is 5.41 Å². The summed E-state index contributed by atoms with van der Waals surface area (Å²) in [6, 6.07) is 6.90. The average molecular weight is 312 g/mol. The SMILES string of the molecule is CC1(Cc2ccc(Br)cc2)CC(=O)NC1C(=O)O. The number of rotatable bonds is 3. The number of nitrogens with one attached hydrogen (secondary N) is 1. The molecule has 0 bridgehead atoms. The molecule has 0 aliphatic carbocycles. The van der Waals surface area contributed by atoms with Crippen LogP contribution in [-0.2, 0) is 16.0 Å². The molecule has 2 atom stereocenters. The van der Waals surface area contributed by atoms with Gasteiger partial charge < -0.3 is 10.4 Å². The van der Waals surface area contributed by atoms with Gasteiger partial charge in [-0.25, -0.2) is 4.79 Å². The number of aliphatic carboxylic acids is 1. The third-order valence-corrected chi connectivity index (χ3v) is 3.86. The summed E-state index contributed by atoms with van der Waals surface area (Å²) in [5.41, 5.74) is 0.458. The average Bonchev–Trinajstić information content (AvgIpc) is 2.57. The Morgan fingerprint density at radius 1 is 1.50 bits per heavy atom. The van der Waals surface area contributed by atoms with Gasteiger partial charge in [0.25, 0.3) is 0 Å². The van der Waals surface area contributed by atoms with E-state index in [-0.39, 0.29) is 12.3 Å². The smallest absolute Gasteiger partial charge is 0.326 e. The Labute approximate surface area is 114 Å². The number of hydrogen-bond donors (Lipinski definition) is 2.